The molecule has 1 aliphatic heterocycles. The molecule has 4 rings (SSSR count). The molecule has 2 heterocycles. The van der Waals surface area contributed by atoms with Gasteiger partial charge in [-0.1, -0.05) is 0 Å². The Bertz CT molecular complexity index is 1210. The van der Waals surface area contributed by atoms with E-state index in [-0.39, 0.29) is 17.3 Å². The van der Waals surface area contributed by atoms with E-state index in [0.29, 0.717) is 36.6 Å². The maximum Gasteiger partial charge on any atom is 0.243 e. The molecule has 31 heavy (non-hydrogen) atoms. The molecular weight excluding hydrogens is 438 g/mol. The van der Waals surface area contributed by atoms with Gasteiger partial charge < -0.3 is 14.8 Å². The first-order chi connectivity index (χ1) is 14.9. The molecule has 2 aromatic carbocycles. The number of nitrogens with zero attached hydrogens (tertiary/aromatic N) is 2. The van der Waals surface area contributed by atoms with Gasteiger partial charge in [0.15, 0.2) is 11.5 Å². The van der Waals surface area contributed by atoms with Crippen LogP contribution in [0.15, 0.2) is 47.5 Å². The number of hydrogen-bond acceptors (Lipinski definition) is 7. The summed E-state index contributed by atoms with van der Waals surface area (Å²) in [7, 11) is -0.819. The molecule has 0 aliphatic carbocycles. The van der Waals surface area contributed by atoms with Gasteiger partial charge in [-0.05, 0) is 54.7 Å². The van der Waals surface area contributed by atoms with Crippen LogP contribution in [0, 0.1) is 5.92 Å². The lowest BCUT2D eigenvalue weighted by Crippen LogP contribution is -2.43. The van der Waals surface area contributed by atoms with Crippen molar-refractivity contribution in [3.8, 4) is 11.5 Å². The van der Waals surface area contributed by atoms with E-state index in [1.165, 1.54) is 42.2 Å². The lowest BCUT2D eigenvalue weighted by atomic mass is 9.98. The van der Waals surface area contributed by atoms with Gasteiger partial charge in [-0.2, -0.15) is 8.68 Å². The SMILES string of the molecule is COc1ccc(S(=O)(=O)N2CCC[C@@H](C(=O)Nc3ccc4sncc4c3)C2)cc1OC. The summed E-state index contributed by atoms with van der Waals surface area (Å²) in [5.74, 6) is 0.179. The molecule has 10 heteroatoms. The molecule has 1 aromatic heterocycles. The number of piperidine rings is 1. The molecule has 1 amide bonds. The average molecular weight is 462 g/mol. The van der Waals surface area contributed by atoms with Crippen molar-refractivity contribution in [2.45, 2.75) is 17.7 Å². The standard InChI is InChI=1S/C21H23N3O5S2/c1-28-18-7-6-17(11-19(18)29-2)31(26,27)24-9-3-4-14(13-24)21(25)23-16-5-8-20-15(10-16)12-22-30-20/h5-8,10-12,14H,3-4,9,13H2,1-2H3,(H,23,25)/t14-/m1/s1. The van der Waals surface area contributed by atoms with Crippen LogP contribution in [-0.4, -0.2) is 50.3 Å². The molecule has 0 bridgehead atoms. The highest BCUT2D eigenvalue weighted by molar-refractivity contribution is 7.89. The van der Waals surface area contributed by atoms with Crippen LogP contribution in [0.2, 0.25) is 0 Å². The molecule has 3 aromatic rings. The molecule has 164 valence electrons. The van der Waals surface area contributed by atoms with E-state index in [4.69, 9.17) is 9.47 Å². The van der Waals surface area contributed by atoms with Crippen molar-refractivity contribution >= 4 is 43.2 Å². The minimum atomic E-state index is -3.77. The van der Waals surface area contributed by atoms with Crippen molar-refractivity contribution < 1.29 is 22.7 Å². The average Bonchev–Trinajstić information content (AvgIpc) is 3.26. The lowest BCUT2D eigenvalue weighted by molar-refractivity contribution is -0.120. The minimum absolute atomic E-state index is 0.113. The number of hydrogen-bond donors (Lipinski definition) is 1. The summed E-state index contributed by atoms with van der Waals surface area (Å²) in [6.07, 6.45) is 3.00. The number of methoxy groups -OCH3 is 2. The smallest absolute Gasteiger partial charge is 0.243 e. The van der Waals surface area contributed by atoms with E-state index in [2.05, 4.69) is 9.69 Å². The summed E-state index contributed by atoms with van der Waals surface area (Å²) in [6.45, 7) is 0.498. The van der Waals surface area contributed by atoms with Gasteiger partial charge in [0.1, 0.15) is 0 Å². The number of sulfonamides is 1. The van der Waals surface area contributed by atoms with Gasteiger partial charge >= 0.3 is 0 Å². The molecule has 1 saturated heterocycles. The fourth-order valence-corrected chi connectivity index (χ4v) is 5.86. The maximum absolute atomic E-state index is 13.2. The quantitative estimate of drug-likeness (QED) is 0.605. The molecule has 1 atom stereocenters. The third-order valence-electron chi connectivity index (χ3n) is 5.37. The topological polar surface area (TPSA) is 97.8 Å². The normalized spacial score (nSPS) is 17.4. The Morgan fingerprint density at radius 1 is 1.16 bits per heavy atom. The fourth-order valence-electron chi connectivity index (χ4n) is 3.70. The Balaban J connectivity index is 1.50. The number of rotatable bonds is 6. The lowest BCUT2D eigenvalue weighted by Gasteiger charge is -2.31. The van der Waals surface area contributed by atoms with Crippen molar-refractivity contribution in [1.29, 1.82) is 0 Å². The van der Waals surface area contributed by atoms with Gasteiger partial charge in [0.2, 0.25) is 15.9 Å². The number of anilines is 1. The second kappa shape index (κ2) is 8.81. The second-order valence-corrected chi connectivity index (χ2v) is 10.1. The van der Waals surface area contributed by atoms with Gasteiger partial charge in [-0.25, -0.2) is 8.42 Å². The molecule has 0 saturated carbocycles. The number of carbonyl (C=O) groups is 1. The van der Waals surface area contributed by atoms with Gasteiger partial charge in [0.05, 0.1) is 29.7 Å². The Labute approximate surface area is 185 Å². The molecule has 0 spiro atoms. The van der Waals surface area contributed by atoms with E-state index in [0.717, 1.165) is 10.1 Å². The van der Waals surface area contributed by atoms with Gasteiger partial charge in [0.25, 0.3) is 0 Å². The predicted octanol–water partition coefficient (Wildman–Crippen LogP) is 3.35. The summed E-state index contributed by atoms with van der Waals surface area (Å²) < 4.78 is 43.4. The van der Waals surface area contributed by atoms with Crippen LogP contribution in [0.3, 0.4) is 0 Å². The van der Waals surface area contributed by atoms with Gasteiger partial charge in [-0.15, -0.1) is 0 Å². The van der Waals surface area contributed by atoms with Crippen LogP contribution in [0.1, 0.15) is 12.8 Å². The summed E-state index contributed by atoms with van der Waals surface area (Å²) in [5, 5.41) is 3.88. The monoisotopic (exact) mass is 461 g/mol. The highest BCUT2D eigenvalue weighted by Crippen LogP contribution is 2.32. The van der Waals surface area contributed by atoms with Crippen LogP contribution in [0.25, 0.3) is 10.1 Å². The first-order valence-corrected chi connectivity index (χ1v) is 12.0. The van der Waals surface area contributed by atoms with E-state index in [9.17, 15) is 13.2 Å². The van der Waals surface area contributed by atoms with E-state index >= 15 is 0 Å². The number of carbonyl (C=O) groups excluding carboxylic acids is 1. The highest BCUT2D eigenvalue weighted by Gasteiger charge is 2.33. The zero-order valence-corrected chi connectivity index (χ0v) is 18.8. The largest absolute Gasteiger partial charge is 0.493 e. The van der Waals surface area contributed by atoms with Gasteiger partial charge in [0, 0.05) is 36.4 Å². The second-order valence-electron chi connectivity index (χ2n) is 7.29. The Kier molecular flexibility index (Phi) is 6.12. The first kappa shape index (κ1) is 21.5. The number of aromatic nitrogens is 1. The molecule has 1 fully saturated rings. The van der Waals surface area contributed by atoms with Crippen LogP contribution in [-0.2, 0) is 14.8 Å². The van der Waals surface area contributed by atoms with Crippen molar-refractivity contribution in [3.63, 3.8) is 0 Å². The van der Waals surface area contributed by atoms with Crippen LogP contribution >= 0.6 is 11.5 Å². The van der Waals surface area contributed by atoms with Crippen molar-refractivity contribution in [2.75, 3.05) is 32.6 Å². The number of benzene rings is 2. The third kappa shape index (κ3) is 4.36. The number of amides is 1. The first-order valence-electron chi connectivity index (χ1n) is 9.80. The Morgan fingerprint density at radius 3 is 2.74 bits per heavy atom. The van der Waals surface area contributed by atoms with E-state index in [1.54, 1.807) is 12.3 Å². The predicted molar refractivity (Wildman–Crippen MR) is 119 cm³/mol. The van der Waals surface area contributed by atoms with Crippen LogP contribution in [0.4, 0.5) is 5.69 Å². The minimum Gasteiger partial charge on any atom is -0.493 e. The number of nitrogens with one attached hydrogen (secondary N) is 1. The summed E-state index contributed by atoms with van der Waals surface area (Å²) >= 11 is 1.40. The van der Waals surface area contributed by atoms with Crippen molar-refractivity contribution in [3.05, 3.63) is 42.6 Å². The van der Waals surface area contributed by atoms with Crippen molar-refractivity contribution in [1.82, 2.24) is 8.68 Å². The third-order valence-corrected chi connectivity index (χ3v) is 8.01. The highest BCUT2D eigenvalue weighted by atomic mass is 32.2. The molecular formula is C21H23N3O5S2. The van der Waals surface area contributed by atoms with E-state index < -0.39 is 15.9 Å². The fraction of sp³-hybridized carbons (Fsp3) is 0.333. The molecule has 0 radical (unpaired) electrons. The van der Waals surface area contributed by atoms with Crippen LogP contribution in [0.5, 0.6) is 11.5 Å². The molecule has 0 unspecified atom stereocenters. The van der Waals surface area contributed by atoms with Gasteiger partial charge in [-0.3, -0.25) is 4.79 Å². The Morgan fingerprint density at radius 2 is 1.97 bits per heavy atom. The number of fused-ring (bicyclic) bond motifs is 1. The van der Waals surface area contributed by atoms with Crippen LogP contribution < -0.4 is 14.8 Å². The maximum atomic E-state index is 13.2. The zero-order chi connectivity index (χ0) is 22.0. The van der Waals surface area contributed by atoms with Crippen molar-refractivity contribution in [2.24, 2.45) is 5.92 Å². The molecule has 1 N–H and O–H groups in total. The molecule has 8 nitrogen and oxygen atoms in total. The van der Waals surface area contributed by atoms with E-state index in [1.807, 2.05) is 18.2 Å². The molecule has 1 aliphatic rings. The number of ether oxygens (including phenoxy) is 2. The Hall–Kier alpha value is -2.69. The summed E-state index contributed by atoms with van der Waals surface area (Å²) in [6, 6.07) is 10.1. The zero-order valence-electron chi connectivity index (χ0n) is 17.2. The summed E-state index contributed by atoms with van der Waals surface area (Å²) in [5.41, 5.74) is 0.678. The summed E-state index contributed by atoms with van der Waals surface area (Å²) in [4.78, 5) is 13.0.